The van der Waals surface area contributed by atoms with Crippen molar-refractivity contribution in [3.05, 3.63) is 0 Å². The van der Waals surface area contributed by atoms with Crippen LogP contribution in [0.4, 0.5) is 4.79 Å². The number of ether oxygens (including phenoxy) is 3. The van der Waals surface area contributed by atoms with E-state index in [9.17, 15) is 15.0 Å². The van der Waals surface area contributed by atoms with Gasteiger partial charge < -0.3 is 29.5 Å². The van der Waals surface area contributed by atoms with Crippen molar-refractivity contribution < 1.29 is 34.3 Å². The first kappa shape index (κ1) is 12.2. The molecule has 1 aliphatic rings. The largest absolute Gasteiger partial charge is 0.508 e. The van der Waals surface area contributed by atoms with E-state index in [2.05, 4.69) is 9.47 Å². The first-order chi connectivity index (χ1) is 7.04. The molecule has 88 valence electrons. The van der Waals surface area contributed by atoms with Gasteiger partial charge in [0.15, 0.2) is 6.29 Å². The van der Waals surface area contributed by atoms with E-state index in [1.165, 1.54) is 0 Å². The summed E-state index contributed by atoms with van der Waals surface area (Å²) in [7, 11) is 1.14. The first-order valence-electron chi connectivity index (χ1n) is 4.45. The molecule has 1 aliphatic heterocycles. The van der Waals surface area contributed by atoms with Crippen LogP contribution in [0.1, 0.15) is 6.42 Å². The second-order valence-corrected chi connectivity index (χ2v) is 3.19. The highest BCUT2D eigenvalue weighted by atomic mass is 16.7. The molecule has 1 saturated heterocycles. The Morgan fingerprint density at radius 1 is 1.47 bits per heavy atom. The van der Waals surface area contributed by atoms with Crippen molar-refractivity contribution in [2.75, 3.05) is 13.7 Å². The second kappa shape index (κ2) is 5.26. The Morgan fingerprint density at radius 2 is 2.13 bits per heavy atom. The number of hydrogen-bond acceptors (Lipinski definition) is 7. The predicted octanol–water partition coefficient (Wildman–Crippen LogP) is -1.40. The summed E-state index contributed by atoms with van der Waals surface area (Å²) >= 11 is 0. The van der Waals surface area contributed by atoms with Crippen molar-refractivity contribution in [3.8, 4) is 0 Å². The average Bonchev–Trinajstić information content (AvgIpc) is 2.20. The molecular formula is C8H14O7. The standard InChI is InChI=1S/C8H14O7/c1-13-8(12)14-3-5-7(11)4(9)2-6(10)15-5/h4-7,9-11H,2-3H2,1H3/t4-,5-,6?,7-/m1/s1. The summed E-state index contributed by atoms with van der Waals surface area (Å²) in [5.41, 5.74) is 0. The summed E-state index contributed by atoms with van der Waals surface area (Å²) in [4.78, 5) is 10.6. The normalized spacial score (nSPS) is 36.0. The molecule has 0 bridgehead atoms. The first-order valence-corrected chi connectivity index (χ1v) is 4.45. The topological polar surface area (TPSA) is 105 Å². The highest BCUT2D eigenvalue weighted by Crippen LogP contribution is 2.19. The Bertz CT molecular complexity index is 219. The van der Waals surface area contributed by atoms with Crippen molar-refractivity contribution in [1.82, 2.24) is 0 Å². The van der Waals surface area contributed by atoms with Gasteiger partial charge in [-0.05, 0) is 0 Å². The summed E-state index contributed by atoms with van der Waals surface area (Å²) in [6.07, 6.45) is -5.41. The van der Waals surface area contributed by atoms with Crippen LogP contribution in [0.5, 0.6) is 0 Å². The van der Waals surface area contributed by atoms with Gasteiger partial charge >= 0.3 is 6.16 Å². The van der Waals surface area contributed by atoms with Crippen LogP contribution >= 0.6 is 0 Å². The number of methoxy groups -OCH3 is 1. The monoisotopic (exact) mass is 222 g/mol. The fourth-order valence-electron chi connectivity index (χ4n) is 1.28. The number of aliphatic hydroxyl groups excluding tert-OH is 3. The Balaban J connectivity index is 2.41. The maximum atomic E-state index is 10.6. The SMILES string of the molecule is COC(=O)OC[C@H]1OC(O)C[C@@H](O)[C@H]1O. The summed E-state index contributed by atoms with van der Waals surface area (Å²) in [5.74, 6) is 0. The molecule has 1 rings (SSSR count). The quantitative estimate of drug-likeness (QED) is 0.493. The van der Waals surface area contributed by atoms with Gasteiger partial charge in [-0.25, -0.2) is 4.79 Å². The van der Waals surface area contributed by atoms with E-state index in [4.69, 9.17) is 9.84 Å². The summed E-state index contributed by atoms with van der Waals surface area (Å²) in [5, 5.41) is 27.8. The third-order valence-electron chi connectivity index (χ3n) is 2.08. The maximum absolute atomic E-state index is 10.6. The minimum Gasteiger partial charge on any atom is -0.438 e. The molecule has 0 amide bonds. The third kappa shape index (κ3) is 3.31. The summed E-state index contributed by atoms with van der Waals surface area (Å²) < 4.78 is 13.6. The van der Waals surface area contributed by atoms with Crippen molar-refractivity contribution in [3.63, 3.8) is 0 Å². The zero-order valence-corrected chi connectivity index (χ0v) is 8.20. The lowest BCUT2D eigenvalue weighted by atomic mass is 10.0. The van der Waals surface area contributed by atoms with Gasteiger partial charge in [-0.15, -0.1) is 0 Å². The molecule has 0 aromatic rings. The zero-order valence-electron chi connectivity index (χ0n) is 8.20. The highest BCUT2D eigenvalue weighted by molar-refractivity contribution is 5.59. The molecule has 1 unspecified atom stereocenters. The van der Waals surface area contributed by atoms with Crippen molar-refractivity contribution >= 4 is 6.16 Å². The van der Waals surface area contributed by atoms with Crippen LogP contribution in [0.3, 0.4) is 0 Å². The highest BCUT2D eigenvalue weighted by Gasteiger charge is 2.36. The van der Waals surface area contributed by atoms with Gasteiger partial charge in [-0.1, -0.05) is 0 Å². The molecule has 0 radical (unpaired) electrons. The van der Waals surface area contributed by atoms with Gasteiger partial charge in [0.05, 0.1) is 13.2 Å². The Kier molecular flexibility index (Phi) is 4.28. The molecule has 0 spiro atoms. The lowest BCUT2D eigenvalue weighted by molar-refractivity contribution is -0.240. The van der Waals surface area contributed by atoms with E-state index < -0.39 is 30.8 Å². The van der Waals surface area contributed by atoms with Crippen LogP contribution in [0, 0.1) is 0 Å². The molecule has 0 aromatic heterocycles. The minimum absolute atomic E-state index is 0.0735. The Hall–Kier alpha value is -0.890. The van der Waals surface area contributed by atoms with Crippen LogP contribution in [0.15, 0.2) is 0 Å². The fraction of sp³-hybridized carbons (Fsp3) is 0.875. The minimum atomic E-state index is -1.20. The maximum Gasteiger partial charge on any atom is 0.508 e. The van der Waals surface area contributed by atoms with Gasteiger partial charge in [0.2, 0.25) is 0 Å². The Labute approximate surface area is 86.2 Å². The molecular weight excluding hydrogens is 208 g/mol. The van der Waals surface area contributed by atoms with Gasteiger partial charge in [-0.3, -0.25) is 0 Å². The molecule has 0 aliphatic carbocycles. The smallest absolute Gasteiger partial charge is 0.438 e. The van der Waals surface area contributed by atoms with Crippen LogP contribution < -0.4 is 0 Å². The number of hydrogen-bond donors (Lipinski definition) is 3. The van der Waals surface area contributed by atoms with Crippen molar-refractivity contribution in [2.45, 2.75) is 31.0 Å². The van der Waals surface area contributed by atoms with Gasteiger partial charge in [0, 0.05) is 6.42 Å². The number of aliphatic hydroxyl groups is 3. The lowest BCUT2D eigenvalue weighted by Gasteiger charge is -2.34. The second-order valence-electron chi connectivity index (χ2n) is 3.19. The zero-order chi connectivity index (χ0) is 11.4. The molecule has 1 heterocycles. The summed E-state index contributed by atoms with van der Waals surface area (Å²) in [6, 6.07) is 0. The molecule has 0 aromatic carbocycles. The lowest BCUT2D eigenvalue weighted by Crippen LogP contribution is -2.50. The van der Waals surface area contributed by atoms with E-state index in [0.717, 1.165) is 7.11 Å². The van der Waals surface area contributed by atoms with Crippen molar-refractivity contribution in [2.24, 2.45) is 0 Å². The molecule has 4 atom stereocenters. The average molecular weight is 222 g/mol. The van der Waals surface area contributed by atoms with Gasteiger partial charge in [-0.2, -0.15) is 0 Å². The molecule has 15 heavy (non-hydrogen) atoms. The van der Waals surface area contributed by atoms with Gasteiger partial charge in [0.25, 0.3) is 0 Å². The number of carbonyl (C=O) groups excluding carboxylic acids is 1. The summed E-state index contributed by atoms with van der Waals surface area (Å²) in [6.45, 7) is -0.290. The van der Waals surface area contributed by atoms with Crippen LogP contribution in [0.25, 0.3) is 0 Å². The number of carbonyl (C=O) groups is 1. The molecule has 1 fully saturated rings. The predicted molar refractivity (Wildman–Crippen MR) is 45.9 cm³/mol. The van der Waals surface area contributed by atoms with E-state index >= 15 is 0 Å². The van der Waals surface area contributed by atoms with Gasteiger partial charge in [0.1, 0.15) is 18.8 Å². The molecule has 0 saturated carbocycles. The molecule has 3 N–H and O–H groups in total. The van der Waals surface area contributed by atoms with E-state index in [1.807, 2.05) is 0 Å². The third-order valence-corrected chi connectivity index (χ3v) is 2.08. The molecule has 7 heteroatoms. The van der Waals surface area contributed by atoms with Crippen LogP contribution in [0.2, 0.25) is 0 Å². The van der Waals surface area contributed by atoms with E-state index in [1.54, 1.807) is 0 Å². The van der Waals surface area contributed by atoms with Crippen LogP contribution in [-0.2, 0) is 14.2 Å². The Morgan fingerprint density at radius 3 is 2.73 bits per heavy atom. The van der Waals surface area contributed by atoms with E-state index in [0.29, 0.717) is 0 Å². The number of rotatable bonds is 2. The van der Waals surface area contributed by atoms with Crippen molar-refractivity contribution in [1.29, 1.82) is 0 Å². The molecule has 7 nitrogen and oxygen atoms in total. The van der Waals surface area contributed by atoms with E-state index in [-0.39, 0.29) is 13.0 Å². The van der Waals surface area contributed by atoms with Crippen LogP contribution in [-0.4, -0.2) is 59.8 Å². The fourth-order valence-corrected chi connectivity index (χ4v) is 1.28.